The fourth-order valence-corrected chi connectivity index (χ4v) is 4.07. The van der Waals surface area contributed by atoms with Gasteiger partial charge in [0.25, 0.3) is 0 Å². The maximum atomic E-state index is 12.4. The van der Waals surface area contributed by atoms with E-state index < -0.39 is 35.1 Å². The summed E-state index contributed by atoms with van der Waals surface area (Å²) in [5.41, 5.74) is 5.33. The van der Waals surface area contributed by atoms with Gasteiger partial charge in [-0.3, -0.25) is 33.7 Å². The summed E-state index contributed by atoms with van der Waals surface area (Å²) in [5.74, 6) is -1.91. The molecule has 4 N–H and O–H groups in total. The lowest BCUT2D eigenvalue weighted by molar-refractivity contribution is -0.138. The first-order valence-corrected chi connectivity index (χ1v) is 10.8. The van der Waals surface area contributed by atoms with Crippen LogP contribution in [0.25, 0.3) is 0 Å². The van der Waals surface area contributed by atoms with Crippen LogP contribution in [0.2, 0.25) is 0 Å². The van der Waals surface area contributed by atoms with Gasteiger partial charge >= 0.3 is 0 Å². The first kappa shape index (κ1) is 25.0. The average Bonchev–Trinajstić information content (AvgIpc) is 2.95. The highest BCUT2D eigenvalue weighted by Gasteiger charge is 2.39. The number of rotatable bonds is 14. The van der Waals surface area contributed by atoms with Gasteiger partial charge in [0.15, 0.2) is 0 Å². The Balaban J connectivity index is 2.65. The van der Waals surface area contributed by atoms with E-state index >= 15 is 0 Å². The summed E-state index contributed by atoms with van der Waals surface area (Å²) in [5, 5.41) is 4.08. The van der Waals surface area contributed by atoms with Crippen LogP contribution < -0.4 is 16.4 Å². The van der Waals surface area contributed by atoms with Crippen molar-refractivity contribution in [2.24, 2.45) is 5.73 Å². The second kappa shape index (κ2) is 12.5. The zero-order valence-corrected chi connectivity index (χ0v) is 17.8. The van der Waals surface area contributed by atoms with Crippen LogP contribution >= 0.6 is 24.4 Å². The molecular weight excluding hydrogens is 420 g/mol. The van der Waals surface area contributed by atoms with Crippen molar-refractivity contribution >= 4 is 60.2 Å². The van der Waals surface area contributed by atoms with Crippen LogP contribution in [0.4, 0.5) is 0 Å². The first-order valence-electron chi connectivity index (χ1n) is 9.12. The summed E-state index contributed by atoms with van der Waals surface area (Å²) >= 11 is 5.05. The molecular formula is C17H26N4O6S2. The number of carbonyl (C=O) groups is 6. The van der Waals surface area contributed by atoms with E-state index in [1.807, 2.05) is 0 Å². The van der Waals surface area contributed by atoms with Gasteiger partial charge in [0, 0.05) is 31.6 Å². The summed E-state index contributed by atoms with van der Waals surface area (Å²) in [6.07, 6.45) is 1.04. The van der Waals surface area contributed by atoms with Crippen LogP contribution in [-0.4, -0.2) is 76.1 Å². The molecule has 1 heterocycles. The Labute approximate surface area is 178 Å². The van der Waals surface area contributed by atoms with Crippen molar-refractivity contribution in [3.05, 3.63) is 0 Å². The topological polar surface area (TPSA) is 156 Å². The Hall–Kier alpha value is -2.08. The zero-order chi connectivity index (χ0) is 22.0. The number of nitrogens with one attached hydrogen (secondary N) is 2. The Bertz CT molecular complexity index is 660. The molecule has 10 nitrogen and oxygen atoms in total. The highest BCUT2D eigenvalue weighted by Crippen LogP contribution is 2.26. The van der Waals surface area contributed by atoms with E-state index in [2.05, 4.69) is 23.3 Å². The molecule has 3 unspecified atom stereocenters. The number of thiol groups is 1. The summed E-state index contributed by atoms with van der Waals surface area (Å²) in [6, 6.07) is -1.94. The molecule has 0 saturated carbocycles. The van der Waals surface area contributed by atoms with Gasteiger partial charge in [0.05, 0.1) is 5.25 Å². The van der Waals surface area contributed by atoms with Gasteiger partial charge in [-0.25, -0.2) is 0 Å². The van der Waals surface area contributed by atoms with E-state index in [0.717, 1.165) is 16.7 Å². The second-order valence-corrected chi connectivity index (χ2v) is 8.05. The average molecular weight is 447 g/mol. The maximum Gasteiger partial charge on any atom is 0.243 e. The van der Waals surface area contributed by atoms with E-state index in [4.69, 9.17) is 5.73 Å². The molecule has 1 saturated heterocycles. The quantitative estimate of drug-likeness (QED) is 0.146. The third-order valence-electron chi connectivity index (χ3n) is 4.34. The molecule has 1 aliphatic heterocycles. The van der Waals surface area contributed by atoms with Crippen LogP contribution in [0, 0.1) is 0 Å². The number of hydrogen-bond donors (Lipinski definition) is 4. The van der Waals surface area contributed by atoms with Crippen molar-refractivity contribution in [1.82, 2.24) is 15.5 Å². The van der Waals surface area contributed by atoms with Crippen LogP contribution in [0.5, 0.6) is 0 Å². The van der Waals surface area contributed by atoms with Crippen molar-refractivity contribution in [2.75, 3.05) is 18.1 Å². The molecule has 0 bridgehead atoms. The third-order valence-corrected chi connectivity index (χ3v) is 5.89. The van der Waals surface area contributed by atoms with E-state index in [-0.39, 0.29) is 43.3 Å². The number of amides is 5. The maximum absolute atomic E-state index is 12.4. The SMILES string of the molecule is CCC(=O)CCN1C(=O)CC(SCC(NC(=O)C(CCS)NC=O)C(N)=O)C1=O. The lowest BCUT2D eigenvalue weighted by Crippen LogP contribution is -2.53. The summed E-state index contributed by atoms with van der Waals surface area (Å²) in [7, 11) is 0. The van der Waals surface area contributed by atoms with Crippen molar-refractivity contribution < 1.29 is 28.8 Å². The number of ketones is 1. The number of Topliss-reactive ketones (excluding diaryl/α,β-unsaturated/α-hetero) is 1. The van der Waals surface area contributed by atoms with Crippen molar-refractivity contribution in [2.45, 2.75) is 49.9 Å². The van der Waals surface area contributed by atoms with Gasteiger partial charge in [-0.05, 0) is 12.2 Å². The minimum atomic E-state index is -1.08. The smallest absolute Gasteiger partial charge is 0.243 e. The van der Waals surface area contributed by atoms with Crippen LogP contribution in [0.3, 0.4) is 0 Å². The lowest BCUT2D eigenvalue weighted by Gasteiger charge is -2.21. The second-order valence-electron chi connectivity index (χ2n) is 6.36. The number of nitrogens with zero attached hydrogens (tertiary/aromatic N) is 1. The molecule has 1 fully saturated rings. The summed E-state index contributed by atoms with van der Waals surface area (Å²) in [4.78, 5) is 71.5. The number of likely N-dealkylation sites (tertiary alicyclic amines) is 1. The van der Waals surface area contributed by atoms with Gasteiger partial charge in [-0.2, -0.15) is 12.6 Å². The van der Waals surface area contributed by atoms with Crippen LogP contribution in [0.1, 0.15) is 32.6 Å². The van der Waals surface area contributed by atoms with Crippen LogP contribution in [-0.2, 0) is 28.8 Å². The molecule has 5 amide bonds. The number of hydrogen-bond acceptors (Lipinski definition) is 8. The monoisotopic (exact) mass is 446 g/mol. The molecule has 1 rings (SSSR count). The molecule has 1 aliphatic rings. The fraction of sp³-hybridized carbons (Fsp3) is 0.647. The van der Waals surface area contributed by atoms with Gasteiger partial charge in [0.1, 0.15) is 17.9 Å². The molecule has 0 aliphatic carbocycles. The Morgan fingerprint density at radius 3 is 2.59 bits per heavy atom. The van der Waals surface area contributed by atoms with Gasteiger partial charge in [-0.15, -0.1) is 11.8 Å². The van der Waals surface area contributed by atoms with Crippen molar-refractivity contribution in [3.8, 4) is 0 Å². The van der Waals surface area contributed by atoms with Gasteiger partial charge in [0.2, 0.25) is 30.0 Å². The standard InChI is InChI=1S/C17H26N4O6S2/c1-2-10(23)3-5-21-14(24)7-13(17(21)27)29-8-12(15(18)25)20-16(26)11(4-6-28)19-9-22/h9,11-13,28H,2-8H2,1H3,(H2,18,25)(H,19,22)(H,20,26). The van der Waals surface area contributed by atoms with Gasteiger partial charge < -0.3 is 16.4 Å². The molecule has 162 valence electrons. The minimum absolute atomic E-state index is 0.0127. The zero-order valence-electron chi connectivity index (χ0n) is 16.1. The van der Waals surface area contributed by atoms with Crippen molar-refractivity contribution in [3.63, 3.8) is 0 Å². The van der Waals surface area contributed by atoms with Crippen LogP contribution in [0.15, 0.2) is 0 Å². The largest absolute Gasteiger partial charge is 0.368 e. The number of nitrogens with two attached hydrogens (primary N) is 1. The highest BCUT2D eigenvalue weighted by molar-refractivity contribution is 8.00. The molecule has 29 heavy (non-hydrogen) atoms. The Kier molecular flexibility index (Phi) is 10.7. The first-order chi connectivity index (χ1) is 13.7. The minimum Gasteiger partial charge on any atom is -0.368 e. The Morgan fingerprint density at radius 1 is 1.34 bits per heavy atom. The number of imide groups is 1. The molecule has 12 heteroatoms. The molecule has 3 atom stereocenters. The summed E-state index contributed by atoms with van der Waals surface area (Å²) < 4.78 is 0. The van der Waals surface area contributed by atoms with E-state index in [1.54, 1.807) is 6.92 Å². The number of primary amides is 1. The van der Waals surface area contributed by atoms with E-state index in [1.165, 1.54) is 0 Å². The van der Waals surface area contributed by atoms with E-state index in [0.29, 0.717) is 18.6 Å². The van der Waals surface area contributed by atoms with Gasteiger partial charge in [-0.1, -0.05) is 6.92 Å². The number of carbonyl (C=O) groups excluding carboxylic acids is 6. The van der Waals surface area contributed by atoms with Crippen molar-refractivity contribution in [1.29, 1.82) is 0 Å². The molecule has 0 aromatic heterocycles. The molecule has 0 spiro atoms. The van der Waals surface area contributed by atoms with E-state index in [9.17, 15) is 28.8 Å². The third kappa shape index (κ3) is 7.69. The fourth-order valence-electron chi connectivity index (χ4n) is 2.61. The lowest BCUT2D eigenvalue weighted by atomic mass is 10.2. The molecule has 0 aromatic rings. The Morgan fingerprint density at radius 2 is 2.03 bits per heavy atom. The predicted octanol–water partition coefficient (Wildman–Crippen LogP) is -1.38. The normalized spacial score (nSPS) is 18.3. The summed E-state index contributed by atoms with van der Waals surface area (Å²) in [6.45, 7) is 1.75. The highest BCUT2D eigenvalue weighted by atomic mass is 32.2. The molecule has 0 aromatic carbocycles. The number of thioether (sulfide) groups is 1. The molecule has 0 radical (unpaired) electrons. The predicted molar refractivity (Wildman–Crippen MR) is 110 cm³/mol.